The van der Waals surface area contributed by atoms with Gasteiger partial charge in [0.25, 0.3) is 0 Å². The second kappa shape index (κ2) is 9.86. The van der Waals surface area contributed by atoms with Crippen molar-refractivity contribution in [1.82, 2.24) is 9.13 Å². The van der Waals surface area contributed by atoms with Gasteiger partial charge >= 0.3 is 0 Å². The molecule has 9 rings (SSSR count). The maximum atomic E-state index is 2.45. The molecule has 2 nitrogen and oxygen atoms in total. The quantitative estimate of drug-likeness (QED) is 0.203. The molecule has 0 fully saturated rings. The fourth-order valence-electron chi connectivity index (χ4n) is 7.02. The van der Waals surface area contributed by atoms with Crippen LogP contribution < -0.4 is 0 Å². The van der Waals surface area contributed by atoms with Crippen LogP contribution in [0.3, 0.4) is 0 Å². The highest BCUT2D eigenvalue weighted by Gasteiger charge is 2.21. The molecule has 0 N–H and O–H groups in total. The molecule has 0 unspecified atom stereocenters. The third kappa shape index (κ3) is 3.68. The number of fused-ring (bicyclic) bond motifs is 7. The third-order valence-corrected chi connectivity index (χ3v) is 8.93. The normalized spacial score (nSPS) is 11.6. The molecule has 2 heteroatoms. The van der Waals surface area contributed by atoms with Crippen molar-refractivity contribution >= 4 is 43.6 Å². The van der Waals surface area contributed by atoms with Gasteiger partial charge in [0.1, 0.15) is 0 Å². The molecule has 0 amide bonds. The van der Waals surface area contributed by atoms with E-state index in [1.54, 1.807) is 0 Å². The molecule has 44 heavy (non-hydrogen) atoms. The zero-order chi connectivity index (χ0) is 29.0. The minimum atomic E-state index is 1.16. The zero-order valence-electron chi connectivity index (χ0n) is 24.1. The standard InChI is InChI=1S/C42H28N2/c1-3-13-29(14-4-1)30-23-25-32(26-24-30)43-37-21-11-8-18-34(37)41-39(43)27-28-40-42(41)35-19-9-12-22-38(35)44(40)36-20-10-7-17-33(36)31-15-5-2-6-16-31/h1-28H. The lowest BCUT2D eigenvalue weighted by Crippen LogP contribution is -1.97. The van der Waals surface area contributed by atoms with E-state index in [9.17, 15) is 0 Å². The minimum Gasteiger partial charge on any atom is -0.309 e. The van der Waals surface area contributed by atoms with E-state index in [1.165, 1.54) is 71.6 Å². The first-order chi connectivity index (χ1) is 21.9. The van der Waals surface area contributed by atoms with Crippen molar-refractivity contribution in [3.63, 3.8) is 0 Å². The molecular formula is C42H28N2. The highest BCUT2D eigenvalue weighted by Crippen LogP contribution is 2.43. The summed E-state index contributed by atoms with van der Waals surface area (Å²) in [7, 11) is 0. The van der Waals surface area contributed by atoms with Gasteiger partial charge in [0.05, 0.1) is 27.8 Å². The summed E-state index contributed by atoms with van der Waals surface area (Å²) in [5, 5.41) is 5.10. The van der Waals surface area contributed by atoms with Gasteiger partial charge < -0.3 is 9.13 Å². The van der Waals surface area contributed by atoms with Gasteiger partial charge in [0, 0.05) is 32.8 Å². The molecule has 0 aliphatic rings. The van der Waals surface area contributed by atoms with Crippen LogP contribution in [0.25, 0.3) is 77.2 Å². The zero-order valence-corrected chi connectivity index (χ0v) is 24.1. The number of rotatable bonds is 4. The Hall–Kier alpha value is -5.86. The van der Waals surface area contributed by atoms with Crippen molar-refractivity contribution in [3.05, 3.63) is 170 Å². The molecule has 9 aromatic rings. The summed E-state index contributed by atoms with van der Waals surface area (Å²) in [6.07, 6.45) is 0. The Bertz CT molecular complexity index is 2460. The summed E-state index contributed by atoms with van der Waals surface area (Å²) in [6.45, 7) is 0. The summed E-state index contributed by atoms with van der Waals surface area (Å²) < 4.78 is 4.87. The summed E-state index contributed by atoms with van der Waals surface area (Å²) >= 11 is 0. The molecule has 0 radical (unpaired) electrons. The Morgan fingerprint density at radius 3 is 1.43 bits per heavy atom. The number of hydrogen-bond acceptors (Lipinski definition) is 0. The first-order valence-electron chi connectivity index (χ1n) is 15.1. The van der Waals surface area contributed by atoms with Crippen LogP contribution in [0.2, 0.25) is 0 Å². The largest absolute Gasteiger partial charge is 0.309 e. The smallest absolute Gasteiger partial charge is 0.0549 e. The van der Waals surface area contributed by atoms with Crippen molar-refractivity contribution < 1.29 is 0 Å². The summed E-state index contributed by atoms with van der Waals surface area (Å²) in [6, 6.07) is 61.3. The van der Waals surface area contributed by atoms with Crippen LogP contribution in [0.4, 0.5) is 0 Å². The molecule has 0 saturated carbocycles. The average molecular weight is 561 g/mol. The molecule has 206 valence electrons. The highest BCUT2D eigenvalue weighted by atomic mass is 15.0. The van der Waals surface area contributed by atoms with Gasteiger partial charge in [-0.2, -0.15) is 0 Å². The molecule has 0 spiro atoms. The van der Waals surface area contributed by atoms with E-state index < -0.39 is 0 Å². The van der Waals surface area contributed by atoms with Gasteiger partial charge in [-0.15, -0.1) is 0 Å². The number of benzene rings is 7. The monoisotopic (exact) mass is 560 g/mol. The lowest BCUT2D eigenvalue weighted by Gasteiger charge is -2.14. The van der Waals surface area contributed by atoms with Crippen LogP contribution in [0.5, 0.6) is 0 Å². The number of para-hydroxylation sites is 3. The van der Waals surface area contributed by atoms with Crippen LogP contribution in [-0.4, -0.2) is 9.13 Å². The Kier molecular flexibility index (Phi) is 5.54. The SMILES string of the molecule is c1ccc(-c2ccc(-n3c4ccccc4c4c5c6ccccc6n(-c6ccccc6-c6ccccc6)c5ccc43)cc2)cc1. The second-order valence-corrected chi connectivity index (χ2v) is 11.4. The first kappa shape index (κ1) is 24.7. The lowest BCUT2D eigenvalue weighted by atomic mass is 10.0. The van der Waals surface area contributed by atoms with Crippen molar-refractivity contribution in [2.45, 2.75) is 0 Å². The summed E-state index contributed by atoms with van der Waals surface area (Å²) in [5.41, 5.74) is 12.1. The van der Waals surface area contributed by atoms with E-state index in [1.807, 2.05) is 0 Å². The van der Waals surface area contributed by atoms with Gasteiger partial charge in [0.2, 0.25) is 0 Å². The molecular weight excluding hydrogens is 532 g/mol. The van der Waals surface area contributed by atoms with Crippen molar-refractivity contribution in [1.29, 1.82) is 0 Å². The van der Waals surface area contributed by atoms with Crippen molar-refractivity contribution in [2.75, 3.05) is 0 Å². The fraction of sp³-hybridized carbons (Fsp3) is 0. The fourth-order valence-corrected chi connectivity index (χ4v) is 7.02. The number of nitrogens with zero attached hydrogens (tertiary/aromatic N) is 2. The maximum Gasteiger partial charge on any atom is 0.0549 e. The number of aromatic nitrogens is 2. The molecule has 2 heterocycles. The van der Waals surface area contributed by atoms with Gasteiger partial charge in [-0.3, -0.25) is 0 Å². The summed E-state index contributed by atoms with van der Waals surface area (Å²) in [5.74, 6) is 0. The molecule has 7 aromatic carbocycles. The molecule has 0 aliphatic heterocycles. The van der Waals surface area contributed by atoms with Gasteiger partial charge in [-0.05, 0) is 59.2 Å². The Morgan fingerprint density at radius 2 is 0.773 bits per heavy atom. The molecule has 0 atom stereocenters. The van der Waals surface area contributed by atoms with E-state index in [0.29, 0.717) is 0 Å². The predicted molar refractivity (Wildman–Crippen MR) is 186 cm³/mol. The van der Waals surface area contributed by atoms with Crippen LogP contribution in [0, 0.1) is 0 Å². The van der Waals surface area contributed by atoms with E-state index in [-0.39, 0.29) is 0 Å². The van der Waals surface area contributed by atoms with Gasteiger partial charge in [0.15, 0.2) is 0 Å². The summed E-state index contributed by atoms with van der Waals surface area (Å²) in [4.78, 5) is 0. The Morgan fingerprint density at radius 1 is 0.295 bits per heavy atom. The third-order valence-electron chi connectivity index (χ3n) is 8.93. The predicted octanol–water partition coefficient (Wildman–Crippen LogP) is 11.2. The van der Waals surface area contributed by atoms with E-state index in [2.05, 4.69) is 179 Å². The van der Waals surface area contributed by atoms with E-state index in [0.717, 1.165) is 5.69 Å². The highest BCUT2D eigenvalue weighted by molar-refractivity contribution is 6.29. The molecule has 2 aromatic heterocycles. The van der Waals surface area contributed by atoms with Crippen LogP contribution in [0.1, 0.15) is 0 Å². The van der Waals surface area contributed by atoms with Gasteiger partial charge in [-0.25, -0.2) is 0 Å². The topological polar surface area (TPSA) is 9.86 Å². The second-order valence-electron chi connectivity index (χ2n) is 11.4. The van der Waals surface area contributed by atoms with Crippen molar-refractivity contribution in [3.8, 4) is 33.6 Å². The maximum absolute atomic E-state index is 2.45. The lowest BCUT2D eigenvalue weighted by molar-refractivity contribution is 1.17. The van der Waals surface area contributed by atoms with Crippen LogP contribution in [-0.2, 0) is 0 Å². The Balaban J connectivity index is 1.35. The van der Waals surface area contributed by atoms with E-state index >= 15 is 0 Å². The minimum absolute atomic E-state index is 1.16. The van der Waals surface area contributed by atoms with Crippen LogP contribution in [0.15, 0.2) is 170 Å². The molecule has 0 saturated heterocycles. The van der Waals surface area contributed by atoms with Crippen molar-refractivity contribution in [2.24, 2.45) is 0 Å². The molecule has 0 aliphatic carbocycles. The Labute approximate surface area is 255 Å². The van der Waals surface area contributed by atoms with Gasteiger partial charge in [-0.1, -0.05) is 127 Å². The van der Waals surface area contributed by atoms with Crippen LogP contribution >= 0.6 is 0 Å². The number of hydrogen-bond donors (Lipinski definition) is 0. The van der Waals surface area contributed by atoms with E-state index in [4.69, 9.17) is 0 Å². The molecule has 0 bridgehead atoms. The average Bonchev–Trinajstić information content (AvgIpc) is 3.62. The first-order valence-corrected chi connectivity index (χ1v) is 15.1.